The van der Waals surface area contributed by atoms with Gasteiger partial charge in [-0.1, -0.05) is 18.5 Å². The summed E-state index contributed by atoms with van der Waals surface area (Å²) >= 11 is 5.84. The number of hydrogen-bond donors (Lipinski definition) is 2. The number of hydrogen-bond acceptors (Lipinski definition) is 4. The predicted molar refractivity (Wildman–Crippen MR) is 63.4 cm³/mol. The number of aromatic nitrogens is 2. The van der Waals surface area contributed by atoms with Crippen molar-refractivity contribution in [3.8, 4) is 0 Å². The summed E-state index contributed by atoms with van der Waals surface area (Å²) in [5.41, 5.74) is 0. The molecule has 1 heterocycles. The molecule has 1 rings (SSSR count). The smallest absolute Gasteiger partial charge is 0.221 e. The third kappa shape index (κ3) is 4.44. The number of halogens is 1. The molecule has 0 spiro atoms. The van der Waals surface area contributed by atoms with Gasteiger partial charge in [-0.3, -0.25) is 4.79 Å². The Kier molecular flexibility index (Phi) is 5.56. The maximum atomic E-state index is 11.3. The molecular formula is C10H15ClN4O. The Hall–Kier alpha value is -1.36. The Labute approximate surface area is 99.6 Å². The van der Waals surface area contributed by atoms with Gasteiger partial charge < -0.3 is 10.6 Å². The largest absolute Gasteiger partial charge is 0.368 e. The molecule has 0 aromatic carbocycles. The van der Waals surface area contributed by atoms with Crippen molar-refractivity contribution in [1.82, 2.24) is 15.3 Å². The summed E-state index contributed by atoms with van der Waals surface area (Å²) in [6.45, 7) is 3.23. The summed E-state index contributed by atoms with van der Waals surface area (Å²) in [4.78, 5) is 19.0. The van der Waals surface area contributed by atoms with Gasteiger partial charge in [-0.05, 0) is 6.42 Å². The third-order valence-electron chi connectivity index (χ3n) is 1.88. The van der Waals surface area contributed by atoms with E-state index in [9.17, 15) is 4.79 Å². The van der Waals surface area contributed by atoms with E-state index in [1.807, 2.05) is 6.92 Å². The summed E-state index contributed by atoms with van der Waals surface area (Å²) in [6, 6.07) is 0. The molecular weight excluding hydrogens is 228 g/mol. The van der Waals surface area contributed by atoms with Crippen LogP contribution in [-0.4, -0.2) is 29.0 Å². The molecule has 88 valence electrons. The first-order chi connectivity index (χ1) is 7.74. The van der Waals surface area contributed by atoms with Gasteiger partial charge in [0.15, 0.2) is 0 Å². The molecule has 2 N–H and O–H groups in total. The van der Waals surface area contributed by atoms with E-state index in [1.165, 1.54) is 12.5 Å². The van der Waals surface area contributed by atoms with Crippen LogP contribution in [0.3, 0.4) is 0 Å². The number of carbonyl (C=O) groups excluding carboxylic acids is 1. The number of carbonyl (C=O) groups is 1. The average Bonchev–Trinajstić information content (AvgIpc) is 2.29. The average molecular weight is 243 g/mol. The molecule has 0 aliphatic rings. The monoisotopic (exact) mass is 242 g/mol. The summed E-state index contributed by atoms with van der Waals surface area (Å²) < 4.78 is 0. The van der Waals surface area contributed by atoms with Gasteiger partial charge in [0.25, 0.3) is 0 Å². The lowest BCUT2D eigenvalue weighted by Gasteiger charge is -2.06. The number of nitrogens with one attached hydrogen (secondary N) is 2. The van der Waals surface area contributed by atoms with E-state index in [0.717, 1.165) is 6.42 Å². The Morgan fingerprint density at radius 2 is 2.31 bits per heavy atom. The fourth-order valence-corrected chi connectivity index (χ4v) is 1.26. The quantitative estimate of drug-likeness (QED) is 0.793. The molecule has 0 unspecified atom stereocenters. The summed E-state index contributed by atoms with van der Waals surface area (Å²) in [5, 5.41) is 6.22. The van der Waals surface area contributed by atoms with Gasteiger partial charge in [0.05, 0.1) is 6.20 Å². The molecule has 0 saturated carbocycles. The minimum Gasteiger partial charge on any atom is -0.368 e. The van der Waals surface area contributed by atoms with Gasteiger partial charge in [0, 0.05) is 19.5 Å². The molecule has 0 aliphatic heterocycles. The molecule has 1 aromatic heterocycles. The lowest BCUT2D eigenvalue weighted by atomic mass is 10.3. The molecule has 0 aliphatic carbocycles. The van der Waals surface area contributed by atoms with E-state index in [2.05, 4.69) is 20.6 Å². The molecule has 1 amide bonds. The van der Waals surface area contributed by atoms with Crippen LogP contribution in [0.2, 0.25) is 5.02 Å². The first-order valence-corrected chi connectivity index (χ1v) is 5.58. The molecule has 16 heavy (non-hydrogen) atoms. The van der Waals surface area contributed by atoms with Gasteiger partial charge >= 0.3 is 0 Å². The molecule has 5 nitrogen and oxygen atoms in total. The zero-order valence-electron chi connectivity index (χ0n) is 9.16. The van der Waals surface area contributed by atoms with Crippen LogP contribution in [0.1, 0.15) is 19.8 Å². The second kappa shape index (κ2) is 7.00. The topological polar surface area (TPSA) is 66.9 Å². The Bertz CT molecular complexity index is 345. The van der Waals surface area contributed by atoms with E-state index >= 15 is 0 Å². The molecule has 1 aromatic rings. The van der Waals surface area contributed by atoms with Gasteiger partial charge in [-0.2, -0.15) is 0 Å². The van der Waals surface area contributed by atoms with Crippen LogP contribution in [0.15, 0.2) is 12.5 Å². The summed E-state index contributed by atoms with van der Waals surface area (Å²) in [5.74, 6) is 0.583. The maximum absolute atomic E-state index is 11.3. The number of nitrogens with zero attached hydrogens (tertiary/aromatic N) is 2. The minimum atomic E-state index is 0.0273. The second-order valence-corrected chi connectivity index (χ2v) is 3.65. The molecule has 0 atom stereocenters. The maximum Gasteiger partial charge on any atom is 0.221 e. The highest BCUT2D eigenvalue weighted by molar-refractivity contribution is 6.32. The molecule has 0 fully saturated rings. The molecule has 0 radical (unpaired) electrons. The van der Waals surface area contributed by atoms with E-state index < -0.39 is 0 Å². The van der Waals surface area contributed by atoms with E-state index in [0.29, 0.717) is 30.4 Å². The normalized spacial score (nSPS) is 9.88. The van der Waals surface area contributed by atoms with Crippen molar-refractivity contribution < 1.29 is 4.79 Å². The highest BCUT2D eigenvalue weighted by atomic mass is 35.5. The van der Waals surface area contributed by atoms with Crippen LogP contribution in [0.5, 0.6) is 0 Å². The SMILES string of the molecule is CCCNC(=O)CCNc1ncncc1Cl. The van der Waals surface area contributed by atoms with Gasteiger partial charge in [-0.25, -0.2) is 9.97 Å². The van der Waals surface area contributed by atoms with Crippen LogP contribution >= 0.6 is 11.6 Å². The molecule has 6 heteroatoms. The van der Waals surface area contributed by atoms with Crippen LogP contribution in [0.25, 0.3) is 0 Å². The van der Waals surface area contributed by atoms with Crippen molar-refractivity contribution in [1.29, 1.82) is 0 Å². The van der Waals surface area contributed by atoms with Gasteiger partial charge in [0.2, 0.25) is 5.91 Å². The first-order valence-electron chi connectivity index (χ1n) is 5.20. The first kappa shape index (κ1) is 12.7. The third-order valence-corrected chi connectivity index (χ3v) is 2.16. The van der Waals surface area contributed by atoms with E-state index in [-0.39, 0.29) is 5.91 Å². The fraction of sp³-hybridized carbons (Fsp3) is 0.500. The zero-order chi connectivity index (χ0) is 11.8. The summed E-state index contributed by atoms with van der Waals surface area (Å²) in [7, 11) is 0. The van der Waals surface area contributed by atoms with Gasteiger partial charge in [-0.15, -0.1) is 0 Å². The Balaban J connectivity index is 2.25. The van der Waals surface area contributed by atoms with E-state index in [4.69, 9.17) is 11.6 Å². The minimum absolute atomic E-state index is 0.0273. The zero-order valence-corrected chi connectivity index (χ0v) is 9.92. The highest BCUT2D eigenvalue weighted by Crippen LogP contribution is 2.15. The number of anilines is 1. The van der Waals surface area contributed by atoms with Gasteiger partial charge in [0.1, 0.15) is 17.2 Å². The standard InChI is InChI=1S/C10H15ClN4O/c1-2-4-13-9(16)3-5-14-10-8(11)6-12-7-15-10/h6-7H,2-5H2,1H3,(H,13,16)(H,12,14,15). The molecule has 0 bridgehead atoms. The van der Waals surface area contributed by atoms with Crippen LogP contribution in [0, 0.1) is 0 Å². The van der Waals surface area contributed by atoms with Crippen molar-refractivity contribution >= 4 is 23.3 Å². The Morgan fingerprint density at radius 1 is 1.50 bits per heavy atom. The van der Waals surface area contributed by atoms with Crippen molar-refractivity contribution in [2.75, 3.05) is 18.4 Å². The van der Waals surface area contributed by atoms with Crippen molar-refractivity contribution in [3.05, 3.63) is 17.5 Å². The second-order valence-electron chi connectivity index (χ2n) is 3.25. The van der Waals surface area contributed by atoms with Crippen molar-refractivity contribution in [2.45, 2.75) is 19.8 Å². The predicted octanol–water partition coefficient (Wildman–Crippen LogP) is 1.46. The lowest BCUT2D eigenvalue weighted by molar-refractivity contribution is -0.120. The van der Waals surface area contributed by atoms with Crippen molar-refractivity contribution in [3.63, 3.8) is 0 Å². The van der Waals surface area contributed by atoms with Crippen molar-refractivity contribution in [2.24, 2.45) is 0 Å². The number of rotatable bonds is 6. The fourth-order valence-electron chi connectivity index (χ4n) is 1.09. The molecule has 0 saturated heterocycles. The summed E-state index contributed by atoms with van der Waals surface area (Å²) in [6.07, 6.45) is 4.26. The van der Waals surface area contributed by atoms with Crippen LogP contribution in [0.4, 0.5) is 5.82 Å². The highest BCUT2D eigenvalue weighted by Gasteiger charge is 2.02. The van der Waals surface area contributed by atoms with Crippen LogP contribution in [-0.2, 0) is 4.79 Å². The van der Waals surface area contributed by atoms with E-state index in [1.54, 1.807) is 0 Å². The number of amides is 1. The van der Waals surface area contributed by atoms with Crippen LogP contribution < -0.4 is 10.6 Å². The lowest BCUT2D eigenvalue weighted by Crippen LogP contribution is -2.26. The Morgan fingerprint density at radius 3 is 3.00 bits per heavy atom.